The van der Waals surface area contributed by atoms with E-state index in [2.05, 4.69) is 27.7 Å². The maximum absolute atomic E-state index is 13.5. The van der Waals surface area contributed by atoms with E-state index >= 15 is 0 Å². The second-order valence-corrected chi connectivity index (χ2v) is 6.44. The van der Waals surface area contributed by atoms with Crippen LogP contribution in [-0.2, 0) is 4.79 Å². The molecule has 0 unspecified atom stereocenters. The van der Waals surface area contributed by atoms with Crippen molar-refractivity contribution in [2.45, 2.75) is 25.7 Å². The first-order valence-corrected chi connectivity index (χ1v) is 8.95. The largest absolute Gasteiger partial charge is 0.385 e. The number of benzene rings is 2. The number of nitrogens with one attached hydrogen (secondary N) is 2. The predicted molar refractivity (Wildman–Crippen MR) is 101 cm³/mol. The summed E-state index contributed by atoms with van der Waals surface area (Å²) in [6, 6.07) is 11.3. The fraction of sp³-hybridized carbons (Fsp3) is 0.350. The Labute approximate surface area is 152 Å². The number of amides is 1. The SMILES string of the molecule is O=C(CCNc1ccc(N2CCCCC2)cc1)Nc1ccc(F)cc1F. The molecule has 4 nitrogen and oxygen atoms in total. The van der Waals surface area contributed by atoms with Crippen LogP contribution in [0.2, 0.25) is 0 Å². The maximum Gasteiger partial charge on any atom is 0.226 e. The third-order valence-corrected chi connectivity index (χ3v) is 4.47. The fourth-order valence-electron chi connectivity index (χ4n) is 3.07. The Kier molecular flexibility index (Phi) is 6.04. The minimum atomic E-state index is -0.778. The molecule has 1 fully saturated rings. The minimum Gasteiger partial charge on any atom is -0.385 e. The number of carbonyl (C=O) groups is 1. The van der Waals surface area contributed by atoms with Crippen LogP contribution in [0, 0.1) is 11.6 Å². The Balaban J connectivity index is 1.44. The van der Waals surface area contributed by atoms with Crippen molar-refractivity contribution in [2.24, 2.45) is 0 Å². The summed E-state index contributed by atoms with van der Waals surface area (Å²) in [4.78, 5) is 14.3. The number of anilines is 3. The van der Waals surface area contributed by atoms with E-state index in [1.54, 1.807) is 0 Å². The Morgan fingerprint density at radius 3 is 2.42 bits per heavy atom. The number of hydrogen-bond acceptors (Lipinski definition) is 3. The lowest BCUT2D eigenvalue weighted by atomic mass is 10.1. The van der Waals surface area contributed by atoms with Crippen molar-refractivity contribution < 1.29 is 13.6 Å². The molecule has 2 aromatic carbocycles. The summed E-state index contributed by atoms with van der Waals surface area (Å²) < 4.78 is 26.4. The molecule has 1 amide bonds. The van der Waals surface area contributed by atoms with E-state index in [1.165, 1.54) is 31.0 Å². The van der Waals surface area contributed by atoms with Crippen molar-refractivity contribution >= 4 is 23.0 Å². The van der Waals surface area contributed by atoms with Gasteiger partial charge < -0.3 is 15.5 Å². The zero-order valence-electron chi connectivity index (χ0n) is 14.6. The predicted octanol–water partition coefficient (Wildman–Crippen LogP) is 4.40. The molecule has 6 heteroatoms. The Hall–Kier alpha value is -2.63. The van der Waals surface area contributed by atoms with Crippen LogP contribution in [0.5, 0.6) is 0 Å². The van der Waals surface area contributed by atoms with Crippen LogP contribution in [0.4, 0.5) is 25.8 Å². The van der Waals surface area contributed by atoms with Crippen LogP contribution < -0.4 is 15.5 Å². The highest BCUT2D eigenvalue weighted by atomic mass is 19.1. The number of hydrogen-bond donors (Lipinski definition) is 2. The van der Waals surface area contributed by atoms with Crippen LogP contribution in [0.3, 0.4) is 0 Å². The second-order valence-electron chi connectivity index (χ2n) is 6.44. The first kappa shape index (κ1) is 18.2. The number of nitrogens with zero attached hydrogens (tertiary/aromatic N) is 1. The van der Waals surface area contributed by atoms with E-state index in [0.717, 1.165) is 30.9 Å². The van der Waals surface area contributed by atoms with Crippen LogP contribution >= 0.6 is 0 Å². The van der Waals surface area contributed by atoms with Crippen molar-refractivity contribution in [2.75, 3.05) is 35.2 Å². The Morgan fingerprint density at radius 1 is 1.00 bits per heavy atom. The van der Waals surface area contributed by atoms with Gasteiger partial charge in [0.15, 0.2) is 0 Å². The Morgan fingerprint density at radius 2 is 1.73 bits per heavy atom. The molecule has 0 spiro atoms. The van der Waals surface area contributed by atoms with Crippen LogP contribution in [0.15, 0.2) is 42.5 Å². The van der Waals surface area contributed by atoms with Gasteiger partial charge in [-0.2, -0.15) is 0 Å². The van der Waals surface area contributed by atoms with Crippen LogP contribution in [0.1, 0.15) is 25.7 Å². The molecule has 3 rings (SSSR count). The first-order chi connectivity index (χ1) is 12.6. The summed E-state index contributed by atoms with van der Waals surface area (Å²) in [6.07, 6.45) is 3.97. The van der Waals surface area contributed by atoms with Gasteiger partial charge in [0.25, 0.3) is 0 Å². The molecule has 2 aromatic rings. The molecule has 138 valence electrons. The average molecular weight is 359 g/mol. The lowest BCUT2D eigenvalue weighted by Gasteiger charge is -2.28. The normalized spacial score (nSPS) is 14.2. The average Bonchev–Trinajstić information content (AvgIpc) is 2.65. The van der Waals surface area contributed by atoms with Crippen molar-refractivity contribution in [1.82, 2.24) is 0 Å². The molecule has 1 heterocycles. The third kappa shape index (κ3) is 4.94. The van der Waals surface area contributed by atoms with Crippen LogP contribution in [-0.4, -0.2) is 25.5 Å². The van der Waals surface area contributed by atoms with Crippen molar-refractivity contribution in [1.29, 1.82) is 0 Å². The fourth-order valence-corrected chi connectivity index (χ4v) is 3.07. The van der Waals surface area contributed by atoms with Crippen molar-refractivity contribution in [3.8, 4) is 0 Å². The summed E-state index contributed by atoms with van der Waals surface area (Å²) in [7, 11) is 0. The topological polar surface area (TPSA) is 44.4 Å². The smallest absolute Gasteiger partial charge is 0.226 e. The molecular weight excluding hydrogens is 336 g/mol. The summed E-state index contributed by atoms with van der Waals surface area (Å²) in [5.74, 6) is -1.78. The Bertz CT molecular complexity index is 743. The lowest BCUT2D eigenvalue weighted by Crippen LogP contribution is -2.29. The number of carbonyl (C=O) groups excluding carboxylic acids is 1. The maximum atomic E-state index is 13.5. The highest BCUT2D eigenvalue weighted by Crippen LogP contribution is 2.22. The molecule has 0 saturated carbocycles. The highest BCUT2D eigenvalue weighted by molar-refractivity contribution is 5.91. The summed E-state index contributed by atoms with van der Waals surface area (Å²) in [5.41, 5.74) is 2.15. The summed E-state index contributed by atoms with van der Waals surface area (Å²) in [6.45, 7) is 2.64. The minimum absolute atomic E-state index is 0.0118. The quantitative estimate of drug-likeness (QED) is 0.804. The molecule has 1 saturated heterocycles. The zero-order valence-corrected chi connectivity index (χ0v) is 14.6. The lowest BCUT2D eigenvalue weighted by molar-refractivity contribution is -0.116. The summed E-state index contributed by atoms with van der Waals surface area (Å²) >= 11 is 0. The standard InChI is InChI=1S/C20H23F2N3O/c21-15-4-9-19(18(22)14-15)24-20(26)10-11-23-16-5-7-17(8-6-16)25-12-2-1-3-13-25/h4-9,14,23H,1-3,10-13H2,(H,24,26). The molecule has 0 radical (unpaired) electrons. The van der Waals surface area contributed by atoms with Gasteiger partial charge in [0, 0.05) is 43.5 Å². The van der Waals surface area contributed by atoms with Gasteiger partial charge in [0.1, 0.15) is 11.6 Å². The zero-order chi connectivity index (χ0) is 18.4. The van der Waals surface area contributed by atoms with Gasteiger partial charge in [-0.3, -0.25) is 4.79 Å². The van der Waals surface area contributed by atoms with E-state index in [0.29, 0.717) is 6.54 Å². The second kappa shape index (κ2) is 8.65. The molecule has 0 aromatic heterocycles. The molecule has 0 aliphatic carbocycles. The number of halogens is 2. The van der Waals surface area contributed by atoms with E-state index in [9.17, 15) is 13.6 Å². The third-order valence-electron chi connectivity index (χ3n) is 4.47. The molecule has 2 N–H and O–H groups in total. The van der Waals surface area contributed by atoms with Crippen molar-refractivity contribution in [3.63, 3.8) is 0 Å². The number of piperidine rings is 1. The molecule has 0 bridgehead atoms. The van der Waals surface area contributed by atoms with E-state index in [1.807, 2.05) is 12.1 Å². The van der Waals surface area contributed by atoms with Gasteiger partial charge in [-0.15, -0.1) is 0 Å². The molecule has 0 atom stereocenters. The molecular formula is C20H23F2N3O. The molecule has 1 aliphatic heterocycles. The van der Waals surface area contributed by atoms with Crippen molar-refractivity contribution in [3.05, 3.63) is 54.1 Å². The highest BCUT2D eigenvalue weighted by Gasteiger charge is 2.11. The van der Waals surface area contributed by atoms with Gasteiger partial charge in [-0.25, -0.2) is 8.78 Å². The first-order valence-electron chi connectivity index (χ1n) is 8.95. The van der Waals surface area contributed by atoms with Gasteiger partial charge in [-0.1, -0.05) is 0 Å². The summed E-state index contributed by atoms with van der Waals surface area (Å²) in [5, 5.41) is 5.63. The van der Waals surface area contributed by atoms with Gasteiger partial charge in [0.2, 0.25) is 5.91 Å². The molecule has 26 heavy (non-hydrogen) atoms. The van der Waals surface area contributed by atoms with E-state index in [4.69, 9.17) is 0 Å². The van der Waals surface area contributed by atoms with E-state index < -0.39 is 11.6 Å². The van der Waals surface area contributed by atoms with Crippen LogP contribution in [0.25, 0.3) is 0 Å². The van der Waals surface area contributed by atoms with E-state index in [-0.39, 0.29) is 18.0 Å². The number of rotatable bonds is 6. The van der Waals surface area contributed by atoms with Gasteiger partial charge in [0.05, 0.1) is 5.69 Å². The monoisotopic (exact) mass is 359 g/mol. The van der Waals surface area contributed by atoms with Gasteiger partial charge >= 0.3 is 0 Å². The molecule has 1 aliphatic rings. The van der Waals surface area contributed by atoms with Gasteiger partial charge in [-0.05, 0) is 55.7 Å².